The average Bonchev–Trinajstić information content (AvgIpc) is 2.41. The van der Waals surface area contributed by atoms with Gasteiger partial charge in [0, 0.05) is 24.9 Å². The van der Waals surface area contributed by atoms with Crippen LogP contribution in [0.2, 0.25) is 0 Å². The normalized spacial score (nSPS) is 18.0. The number of rotatable bonds is 4. The summed E-state index contributed by atoms with van der Waals surface area (Å²) in [5.41, 5.74) is 7.14. The van der Waals surface area contributed by atoms with Crippen molar-refractivity contribution in [2.45, 2.75) is 39.8 Å². The van der Waals surface area contributed by atoms with Crippen LogP contribution in [-0.4, -0.2) is 23.8 Å². The Morgan fingerprint density at radius 2 is 1.86 bits per heavy atom. The summed E-state index contributed by atoms with van der Waals surface area (Å²) in [5.74, 6) is 0.408. The lowest BCUT2D eigenvalue weighted by Crippen LogP contribution is -2.45. The molecule has 0 atom stereocenters. The molecule has 0 radical (unpaired) electrons. The highest BCUT2D eigenvalue weighted by atomic mass is 16.5. The Balaban J connectivity index is 2.25. The first-order valence-corrected chi connectivity index (χ1v) is 7.05. The topological polar surface area (TPSA) is 72.6 Å². The van der Waals surface area contributed by atoms with Gasteiger partial charge in [-0.2, -0.15) is 0 Å². The Morgan fingerprint density at radius 1 is 1.24 bits per heavy atom. The van der Waals surface area contributed by atoms with Gasteiger partial charge in [0.25, 0.3) is 0 Å². The third-order valence-electron chi connectivity index (χ3n) is 3.77. The van der Waals surface area contributed by atoms with Gasteiger partial charge < -0.3 is 10.5 Å². The third-order valence-corrected chi connectivity index (χ3v) is 3.77. The molecule has 1 heterocycles. The van der Waals surface area contributed by atoms with E-state index in [1.54, 1.807) is 7.11 Å². The predicted molar refractivity (Wildman–Crippen MR) is 79.5 cm³/mol. The molecule has 1 aromatic carbocycles. The predicted octanol–water partition coefficient (Wildman–Crippen LogP) is 1.83. The van der Waals surface area contributed by atoms with Gasteiger partial charge in [-0.1, -0.05) is 19.9 Å². The monoisotopic (exact) mass is 290 g/mol. The molecule has 5 nitrogen and oxygen atoms in total. The summed E-state index contributed by atoms with van der Waals surface area (Å²) < 4.78 is 5.31. The van der Waals surface area contributed by atoms with Crippen LogP contribution in [-0.2, 0) is 22.7 Å². The fourth-order valence-electron chi connectivity index (χ4n) is 2.64. The molecular weight excluding hydrogens is 268 g/mol. The molecule has 0 bridgehead atoms. The van der Waals surface area contributed by atoms with E-state index in [0.717, 1.165) is 11.1 Å². The number of likely N-dealkylation sites (tertiary alicyclic amines) is 1. The SMILES string of the molecule is COc1ccc(CN)cc1CN1C(=O)CC(C)(C)CC1=O. The molecule has 21 heavy (non-hydrogen) atoms. The van der Waals surface area contributed by atoms with Crippen LogP contribution < -0.4 is 10.5 Å². The van der Waals surface area contributed by atoms with Gasteiger partial charge in [0.15, 0.2) is 0 Å². The minimum Gasteiger partial charge on any atom is -0.496 e. The average molecular weight is 290 g/mol. The highest BCUT2D eigenvalue weighted by Gasteiger charge is 2.37. The van der Waals surface area contributed by atoms with E-state index in [9.17, 15) is 9.59 Å². The van der Waals surface area contributed by atoms with Gasteiger partial charge in [0.1, 0.15) is 5.75 Å². The van der Waals surface area contributed by atoms with Crippen LogP contribution in [0.4, 0.5) is 0 Å². The van der Waals surface area contributed by atoms with Gasteiger partial charge in [-0.25, -0.2) is 0 Å². The molecular formula is C16H22N2O3. The van der Waals surface area contributed by atoms with Crippen molar-refractivity contribution >= 4 is 11.8 Å². The van der Waals surface area contributed by atoms with Crippen molar-refractivity contribution in [2.24, 2.45) is 11.1 Å². The standard InChI is InChI=1S/C16H22N2O3/c1-16(2)7-14(19)18(15(20)8-16)10-12-6-11(9-17)4-5-13(12)21-3/h4-6H,7-10,17H2,1-3H3. The summed E-state index contributed by atoms with van der Waals surface area (Å²) in [5, 5.41) is 0. The van der Waals surface area contributed by atoms with Crippen LogP contribution >= 0.6 is 0 Å². The zero-order valence-corrected chi connectivity index (χ0v) is 12.8. The molecule has 5 heteroatoms. The molecule has 0 spiro atoms. The number of amides is 2. The lowest BCUT2D eigenvalue weighted by molar-refractivity contribution is -0.153. The van der Waals surface area contributed by atoms with E-state index >= 15 is 0 Å². The van der Waals surface area contributed by atoms with Gasteiger partial charge >= 0.3 is 0 Å². The maximum Gasteiger partial charge on any atom is 0.230 e. The Hall–Kier alpha value is -1.88. The number of methoxy groups -OCH3 is 1. The lowest BCUT2D eigenvalue weighted by Gasteiger charge is -2.35. The number of imide groups is 1. The summed E-state index contributed by atoms with van der Waals surface area (Å²) in [7, 11) is 1.57. The van der Waals surface area contributed by atoms with Crippen LogP contribution in [0.25, 0.3) is 0 Å². The Labute approximate surface area is 125 Å². The van der Waals surface area contributed by atoms with Crippen LogP contribution in [0.3, 0.4) is 0 Å². The summed E-state index contributed by atoms with van der Waals surface area (Å²) in [6.07, 6.45) is 0.773. The fourth-order valence-corrected chi connectivity index (χ4v) is 2.64. The molecule has 1 aliphatic rings. The summed E-state index contributed by atoms with van der Waals surface area (Å²) in [6.45, 7) is 4.53. The van der Waals surface area contributed by atoms with Crippen molar-refractivity contribution < 1.29 is 14.3 Å². The van der Waals surface area contributed by atoms with E-state index < -0.39 is 0 Å². The van der Waals surface area contributed by atoms with Gasteiger partial charge in [-0.15, -0.1) is 0 Å². The fraction of sp³-hybridized carbons (Fsp3) is 0.500. The van der Waals surface area contributed by atoms with Gasteiger partial charge in [0.2, 0.25) is 11.8 Å². The summed E-state index contributed by atoms with van der Waals surface area (Å²) in [4.78, 5) is 25.8. The summed E-state index contributed by atoms with van der Waals surface area (Å²) >= 11 is 0. The smallest absolute Gasteiger partial charge is 0.230 e. The second kappa shape index (κ2) is 5.85. The van der Waals surface area contributed by atoms with Crippen molar-refractivity contribution in [3.63, 3.8) is 0 Å². The molecule has 0 aromatic heterocycles. The second-order valence-electron chi connectivity index (χ2n) is 6.24. The number of nitrogens with zero attached hydrogens (tertiary/aromatic N) is 1. The number of carbonyl (C=O) groups is 2. The van der Waals surface area contributed by atoms with Crippen molar-refractivity contribution in [3.8, 4) is 5.75 Å². The van der Waals surface area contributed by atoms with E-state index in [-0.39, 0.29) is 23.8 Å². The van der Waals surface area contributed by atoms with Crippen molar-refractivity contribution in [2.75, 3.05) is 7.11 Å². The number of benzene rings is 1. The Morgan fingerprint density at radius 3 is 2.38 bits per heavy atom. The van der Waals surface area contributed by atoms with Crippen molar-refractivity contribution in [1.82, 2.24) is 4.90 Å². The number of hydrogen-bond donors (Lipinski definition) is 1. The molecule has 2 amide bonds. The van der Waals surface area contributed by atoms with E-state index in [4.69, 9.17) is 10.5 Å². The molecule has 0 unspecified atom stereocenters. The van der Waals surface area contributed by atoms with E-state index in [0.29, 0.717) is 25.1 Å². The molecule has 1 saturated heterocycles. The Bertz CT molecular complexity index is 547. The summed E-state index contributed by atoms with van der Waals surface area (Å²) in [6, 6.07) is 5.59. The number of ether oxygens (including phenoxy) is 1. The lowest BCUT2D eigenvalue weighted by atomic mass is 9.81. The zero-order chi connectivity index (χ0) is 15.6. The largest absolute Gasteiger partial charge is 0.496 e. The molecule has 1 aromatic rings. The number of carbonyl (C=O) groups excluding carboxylic acids is 2. The number of hydrogen-bond acceptors (Lipinski definition) is 4. The maximum absolute atomic E-state index is 12.2. The molecule has 1 aliphatic heterocycles. The quantitative estimate of drug-likeness (QED) is 0.859. The Kier molecular flexibility index (Phi) is 4.32. The first-order chi connectivity index (χ1) is 9.86. The van der Waals surface area contributed by atoms with Crippen LogP contribution in [0.15, 0.2) is 18.2 Å². The number of nitrogens with two attached hydrogens (primary N) is 1. The molecule has 1 fully saturated rings. The highest BCUT2D eigenvalue weighted by Crippen LogP contribution is 2.33. The van der Waals surface area contributed by atoms with Gasteiger partial charge in [0.05, 0.1) is 13.7 Å². The second-order valence-corrected chi connectivity index (χ2v) is 6.24. The van der Waals surface area contributed by atoms with E-state index in [1.165, 1.54) is 4.90 Å². The van der Waals surface area contributed by atoms with E-state index in [2.05, 4.69) is 0 Å². The first kappa shape index (κ1) is 15.5. The van der Waals surface area contributed by atoms with E-state index in [1.807, 2.05) is 32.0 Å². The van der Waals surface area contributed by atoms with Gasteiger partial charge in [-0.3, -0.25) is 14.5 Å². The van der Waals surface area contributed by atoms with Crippen LogP contribution in [0.1, 0.15) is 37.8 Å². The highest BCUT2D eigenvalue weighted by molar-refractivity contribution is 5.98. The first-order valence-electron chi connectivity index (χ1n) is 7.05. The molecule has 0 aliphatic carbocycles. The van der Waals surface area contributed by atoms with Gasteiger partial charge in [-0.05, 0) is 23.1 Å². The zero-order valence-electron chi connectivity index (χ0n) is 12.8. The minimum atomic E-state index is -0.256. The third kappa shape index (κ3) is 3.42. The minimum absolute atomic E-state index is 0.128. The molecule has 2 rings (SSSR count). The molecule has 2 N–H and O–H groups in total. The number of piperidine rings is 1. The van der Waals surface area contributed by atoms with Crippen molar-refractivity contribution in [3.05, 3.63) is 29.3 Å². The van der Waals surface area contributed by atoms with Crippen LogP contribution in [0, 0.1) is 5.41 Å². The van der Waals surface area contributed by atoms with Crippen LogP contribution in [0.5, 0.6) is 5.75 Å². The van der Waals surface area contributed by atoms with Crippen molar-refractivity contribution in [1.29, 1.82) is 0 Å². The molecule has 0 saturated carbocycles. The molecule has 114 valence electrons. The maximum atomic E-state index is 12.2.